The molecular formula is C11H12F2O3. The van der Waals surface area contributed by atoms with Crippen LogP contribution in [0.15, 0.2) is 18.2 Å². The first-order valence-corrected chi connectivity index (χ1v) is 4.75. The third kappa shape index (κ3) is 2.68. The molecule has 0 fully saturated rings. The van der Waals surface area contributed by atoms with Gasteiger partial charge in [0.2, 0.25) is 0 Å². The molecule has 1 rings (SSSR count). The van der Waals surface area contributed by atoms with Crippen LogP contribution in [-0.2, 0) is 0 Å². The first kappa shape index (κ1) is 12.4. The van der Waals surface area contributed by atoms with Gasteiger partial charge >= 0.3 is 6.61 Å². The number of carbonyl (C=O) groups is 1. The molecule has 3 nitrogen and oxygen atoms in total. The van der Waals surface area contributed by atoms with Gasteiger partial charge in [-0.2, -0.15) is 8.78 Å². The van der Waals surface area contributed by atoms with Crippen molar-refractivity contribution in [1.29, 1.82) is 0 Å². The number of alkyl halides is 2. The number of carbonyl (C=O) groups excluding carboxylic acids is 1. The molecule has 0 aromatic heterocycles. The van der Waals surface area contributed by atoms with E-state index in [1.165, 1.54) is 25.3 Å². The molecule has 0 bridgehead atoms. The molecule has 88 valence electrons. The summed E-state index contributed by atoms with van der Waals surface area (Å²) in [6.07, 6.45) is 0.194. The van der Waals surface area contributed by atoms with Crippen LogP contribution in [0.4, 0.5) is 8.78 Å². The lowest BCUT2D eigenvalue weighted by atomic mass is 10.1. The SMILES string of the molecule is CCC(=O)c1c(OC)cccc1OC(F)F. The largest absolute Gasteiger partial charge is 0.496 e. The van der Waals surface area contributed by atoms with Gasteiger partial charge in [0.1, 0.15) is 17.1 Å². The van der Waals surface area contributed by atoms with Gasteiger partial charge in [-0.05, 0) is 12.1 Å². The Labute approximate surface area is 92.0 Å². The van der Waals surface area contributed by atoms with E-state index in [0.29, 0.717) is 0 Å². The maximum absolute atomic E-state index is 12.1. The number of hydrogen-bond donors (Lipinski definition) is 0. The van der Waals surface area contributed by atoms with Crippen LogP contribution in [0.1, 0.15) is 23.7 Å². The van der Waals surface area contributed by atoms with E-state index in [4.69, 9.17) is 4.74 Å². The molecular weight excluding hydrogens is 218 g/mol. The van der Waals surface area contributed by atoms with Gasteiger partial charge in [0.05, 0.1) is 7.11 Å². The summed E-state index contributed by atoms with van der Waals surface area (Å²) in [6, 6.07) is 4.34. The van der Waals surface area contributed by atoms with E-state index in [2.05, 4.69) is 4.74 Å². The Hall–Kier alpha value is -1.65. The molecule has 0 atom stereocenters. The monoisotopic (exact) mass is 230 g/mol. The van der Waals surface area contributed by atoms with Crippen molar-refractivity contribution in [3.05, 3.63) is 23.8 Å². The molecule has 0 aliphatic carbocycles. The predicted molar refractivity (Wildman–Crippen MR) is 54.2 cm³/mol. The van der Waals surface area contributed by atoms with Gasteiger partial charge < -0.3 is 9.47 Å². The molecule has 5 heteroatoms. The van der Waals surface area contributed by atoms with Gasteiger partial charge in [0.25, 0.3) is 0 Å². The average Bonchev–Trinajstić information content (AvgIpc) is 2.27. The molecule has 1 aromatic rings. The first-order chi connectivity index (χ1) is 7.60. The summed E-state index contributed by atoms with van der Waals surface area (Å²) in [7, 11) is 1.37. The third-order valence-electron chi connectivity index (χ3n) is 2.02. The fraction of sp³-hybridized carbons (Fsp3) is 0.364. The van der Waals surface area contributed by atoms with Crippen molar-refractivity contribution in [3.8, 4) is 11.5 Å². The van der Waals surface area contributed by atoms with Gasteiger partial charge in [0.15, 0.2) is 5.78 Å². The van der Waals surface area contributed by atoms with E-state index in [9.17, 15) is 13.6 Å². The van der Waals surface area contributed by atoms with Crippen molar-refractivity contribution in [3.63, 3.8) is 0 Å². The number of benzene rings is 1. The van der Waals surface area contributed by atoms with Crippen LogP contribution in [0.3, 0.4) is 0 Å². The lowest BCUT2D eigenvalue weighted by Gasteiger charge is -2.12. The molecule has 1 aromatic carbocycles. The maximum Gasteiger partial charge on any atom is 0.387 e. The Morgan fingerprint density at radius 1 is 1.38 bits per heavy atom. The number of Topliss-reactive ketones (excluding diaryl/α,β-unsaturated/α-hetero) is 1. The Kier molecular flexibility index (Phi) is 4.22. The number of methoxy groups -OCH3 is 1. The molecule has 0 amide bonds. The Morgan fingerprint density at radius 2 is 2.00 bits per heavy atom. The molecule has 0 saturated carbocycles. The third-order valence-corrected chi connectivity index (χ3v) is 2.02. The van der Waals surface area contributed by atoms with Crippen LogP contribution in [0.25, 0.3) is 0 Å². The van der Waals surface area contributed by atoms with Crippen LogP contribution >= 0.6 is 0 Å². The standard InChI is InChI=1S/C11H12F2O3/c1-3-7(14)10-8(15-2)5-4-6-9(10)16-11(12)13/h4-6,11H,3H2,1-2H3. The predicted octanol–water partition coefficient (Wildman–Crippen LogP) is 2.89. The summed E-state index contributed by atoms with van der Waals surface area (Å²) < 4.78 is 33.5. The van der Waals surface area contributed by atoms with E-state index in [1.807, 2.05) is 0 Å². The lowest BCUT2D eigenvalue weighted by Crippen LogP contribution is -2.09. The minimum Gasteiger partial charge on any atom is -0.496 e. The minimum absolute atomic E-state index is 0.0628. The number of rotatable bonds is 5. The van der Waals surface area contributed by atoms with E-state index >= 15 is 0 Å². The highest BCUT2D eigenvalue weighted by Gasteiger charge is 2.19. The zero-order valence-electron chi connectivity index (χ0n) is 9.00. The zero-order valence-corrected chi connectivity index (χ0v) is 9.00. The van der Waals surface area contributed by atoms with Gasteiger partial charge in [0, 0.05) is 6.42 Å². The molecule has 0 spiro atoms. The Morgan fingerprint density at radius 3 is 2.50 bits per heavy atom. The van der Waals surface area contributed by atoms with Crippen molar-refractivity contribution in [2.75, 3.05) is 7.11 Å². The van der Waals surface area contributed by atoms with Crippen molar-refractivity contribution in [2.45, 2.75) is 20.0 Å². The number of ketones is 1. The van der Waals surface area contributed by atoms with Gasteiger partial charge in [-0.25, -0.2) is 0 Å². The van der Waals surface area contributed by atoms with Crippen LogP contribution in [0.5, 0.6) is 11.5 Å². The number of ether oxygens (including phenoxy) is 2. The highest BCUT2D eigenvalue weighted by molar-refractivity contribution is 6.01. The summed E-state index contributed by atoms with van der Waals surface area (Å²) in [4.78, 5) is 11.6. The van der Waals surface area contributed by atoms with E-state index in [0.717, 1.165) is 0 Å². The Bertz CT molecular complexity index is 377. The topological polar surface area (TPSA) is 35.5 Å². The van der Waals surface area contributed by atoms with E-state index < -0.39 is 6.61 Å². The lowest BCUT2D eigenvalue weighted by molar-refractivity contribution is -0.0502. The fourth-order valence-corrected chi connectivity index (χ4v) is 1.33. The van der Waals surface area contributed by atoms with Gasteiger partial charge in [-0.1, -0.05) is 13.0 Å². The van der Waals surface area contributed by atoms with Crippen LogP contribution in [0, 0.1) is 0 Å². The summed E-state index contributed by atoms with van der Waals surface area (Å²) in [5.41, 5.74) is 0.0628. The highest BCUT2D eigenvalue weighted by Crippen LogP contribution is 2.30. The molecule has 0 saturated heterocycles. The van der Waals surface area contributed by atoms with Crippen molar-refractivity contribution < 1.29 is 23.0 Å². The summed E-state index contributed by atoms with van der Waals surface area (Å²) in [5, 5.41) is 0. The molecule has 0 radical (unpaired) electrons. The van der Waals surface area contributed by atoms with E-state index in [-0.39, 0.29) is 29.3 Å². The zero-order chi connectivity index (χ0) is 12.1. The van der Waals surface area contributed by atoms with Crippen molar-refractivity contribution in [2.24, 2.45) is 0 Å². The quantitative estimate of drug-likeness (QED) is 0.729. The summed E-state index contributed by atoms with van der Waals surface area (Å²) in [6.45, 7) is -1.32. The summed E-state index contributed by atoms with van der Waals surface area (Å²) in [5.74, 6) is -0.209. The van der Waals surface area contributed by atoms with Crippen molar-refractivity contribution >= 4 is 5.78 Å². The number of hydrogen-bond acceptors (Lipinski definition) is 3. The van der Waals surface area contributed by atoms with Crippen LogP contribution < -0.4 is 9.47 Å². The molecule has 0 aliphatic rings. The summed E-state index contributed by atoms with van der Waals surface area (Å²) >= 11 is 0. The molecule has 0 aliphatic heterocycles. The molecule has 0 unspecified atom stereocenters. The second-order valence-corrected chi connectivity index (χ2v) is 2.99. The minimum atomic E-state index is -2.96. The fourth-order valence-electron chi connectivity index (χ4n) is 1.33. The van der Waals surface area contributed by atoms with Crippen LogP contribution in [0.2, 0.25) is 0 Å². The second kappa shape index (κ2) is 5.44. The number of halogens is 2. The maximum atomic E-state index is 12.1. The smallest absolute Gasteiger partial charge is 0.387 e. The molecule has 0 N–H and O–H groups in total. The second-order valence-electron chi connectivity index (χ2n) is 2.99. The first-order valence-electron chi connectivity index (χ1n) is 4.75. The van der Waals surface area contributed by atoms with Gasteiger partial charge in [-0.3, -0.25) is 4.79 Å². The van der Waals surface area contributed by atoms with Crippen LogP contribution in [-0.4, -0.2) is 19.5 Å². The highest BCUT2D eigenvalue weighted by atomic mass is 19.3. The Balaban J connectivity index is 3.20. The van der Waals surface area contributed by atoms with Crippen molar-refractivity contribution in [1.82, 2.24) is 0 Å². The van der Waals surface area contributed by atoms with E-state index in [1.54, 1.807) is 6.92 Å². The average molecular weight is 230 g/mol. The molecule has 16 heavy (non-hydrogen) atoms. The van der Waals surface area contributed by atoms with Gasteiger partial charge in [-0.15, -0.1) is 0 Å². The molecule has 0 heterocycles. The normalized spacial score (nSPS) is 10.3.